The SMILES string of the molecule is O=C(NCc1cccnc1)[C@@H]1CN2CC[C@H]1C[C@@H]2Cn1cc(C2(O)CCCCC2)nn1. The maximum atomic E-state index is 12.8. The Kier molecular flexibility index (Phi) is 5.75. The lowest BCUT2D eigenvalue weighted by Gasteiger charge is -2.49. The summed E-state index contributed by atoms with van der Waals surface area (Å²) < 4.78 is 1.89. The van der Waals surface area contributed by atoms with Gasteiger partial charge in [-0.25, -0.2) is 0 Å². The molecule has 0 aromatic carbocycles. The van der Waals surface area contributed by atoms with E-state index in [1.54, 1.807) is 12.4 Å². The second-order valence-electron chi connectivity index (χ2n) is 9.54. The molecule has 3 saturated heterocycles. The standard InChI is InChI=1S/C23H32N6O2/c30-22(25-13-17-5-4-9-24-12-17)20-15-28-10-6-18(20)11-19(28)14-29-16-21(26-27-29)23(31)7-2-1-3-8-23/h4-5,9,12,16,18-20,31H,1-3,6-8,10-11,13-15H2,(H,25,30)/t18-,19+,20+/m0/s1. The van der Waals surface area contributed by atoms with Gasteiger partial charge in [0.25, 0.3) is 0 Å². The molecule has 4 fully saturated rings. The molecule has 2 N–H and O–H groups in total. The smallest absolute Gasteiger partial charge is 0.224 e. The third kappa shape index (κ3) is 4.36. The number of piperidine rings is 3. The highest BCUT2D eigenvalue weighted by atomic mass is 16.3. The van der Waals surface area contributed by atoms with Crippen LogP contribution in [0.2, 0.25) is 0 Å². The molecule has 1 aliphatic carbocycles. The molecule has 2 aromatic heterocycles. The number of carbonyl (C=O) groups is 1. The van der Waals surface area contributed by atoms with E-state index < -0.39 is 5.60 Å². The molecule has 1 saturated carbocycles. The summed E-state index contributed by atoms with van der Waals surface area (Å²) in [4.78, 5) is 19.4. The lowest BCUT2D eigenvalue weighted by Crippen LogP contribution is -2.58. The van der Waals surface area contributed by atoms with Gasteiger partial charge >= 0.3 is 0 Å². The number of aliphatic hydroxyl groups is 1. The third-order valence-electron chi connectivity index (χ3n) is 7.50. The minimum atomic E-state index is -0.806. The largest absolute Gasteiger partial charge is 0.383 e. The lowest BCUT2D eigenvalue weighted by molar-refractivity contribution is -0.133. The first kappa shape index (κ1) is 20.6. The van der Waals surface area contributed by atoms with Gasteiger partial charge in [-0.2, -0.15) is 0 Å². The van der Waals surface area contributed by atoms with Gasteiger partial charge in [-0.05, 0) is 49.8 Å². The van der Waals surface area contributed by atoms with Gasteiger partial charge < -0.3 is 10.4 Å². The lowest BCUT2D eigenvalue weighted by atomic mass is 9.75. The molecule has 8 heteroatoms. The summed E-state index contributed by atoms with van der Waals surface area (Å²) in [7, 11) is 0. The summed E-state index contributed by atoms with van der Waals surface area (Å²) in [5, 5.41) is 22.7. The molecule has 6 rings (SSSR count). The minimum absolute atomic E-state index is 0.0518. The van der Waals surface area contributed by atoms with Crippen molar-refractivity contribution in [2.75, 3.05) is 13.1 Å². The number of amides is 1. The monoisotopic (exact) mass is 424 g/mol. The Hall–Kier alpha value is -2.32. The summed E-state index contributed by atoms with van der Waals surface area (Å²) in [6.07, 6.45) is 12.4. The zero-order valence-corrected chi connectivity index (χ0v) is 18.0. The summed E-state index contributed by atoms with van der Waals surface area (Å²) in [5.74, 6) is 0.616. The van der Waals surface area contributed by atoms with Crippen LogP contribution in [0, 0.1) is 11.8 Å². The van der Waals surface area contributed by atoms with Crippen LogP contribution in [0.3, 0.4) is 0 Å². The number of nitrogens with zero attached hydrogens (tertiary/aromatic N) is 5. The van der Waals surface area contributed by atoms with Crippen molar-refractivity contribution in [1.29, 1.82) is 0 Å². The molecular weight excluding hydrogens is 392 g/mol. The first-order chi connectivity index (χ1) is 15.1. The second kappa shape index (κ2) is 8.67. The molecule has 31 heavy (non-hydrogen) atoms. The van der Waals surface area contributed by atoms with E-state index in [0.29, 0.717) is 18.5 Å². The number of hydrogen-bond acceptors (Lipinski definition) is 6. The molecule has 0 spiro atoms. The fraction of sp³-hybridized carbons (Fsp3) is 0.652. The Morgan fingerprint density at radius 2 is 2.16 bits per heavy atom. The highest BCUT2D eigenvalue weighted by Gasteiger charge is 2.43. The van der Waals surface area contributed by atoms with Gasteiger partial charge in [0.1, 0.15) is 11.3 Å². The summed E-state index contributed by atoms with van der Waals surface area (Å²) in [5.41, 5.74) is 0.937. The van der Waals surface area contributed by atoms with E-state index in [9.17, 15) is 9.90 Å². The van der Waals surface area contributed by atoms with Crippen molar-refractivity contribution in [2.45, 2.75) is 69.7 Å². The predicted octanol–water partition coefficient (Wildman–Crippen LogP) is 1.85. The molecule has 4 atom stereocenters. The average molecular weight is 425 g/mol. The van der Waals surface area contributed by atoms with Crippen LogP contribution in [0.25, 0.3) is 0 Å². The average Bonchev–Trinajstić information content (AvgIpc) is 3.29. The fourth-order valence-corrected chi connectivity index (χ4v) is 5.66. The Morgan fingerprint density at radius 1 is 1.29 bits per heavy atom. The highest BCUT2D eigenvalue weighted by molar-refractivity contribution is 5.79. The first-order valence-corrected chi connectivity index (χ1v) is 11.6. The van der Waals surface area contributed by atoms with Gasteiger partial charge in [0.05, 0.1) is 18.7 Å². The molecule has 1 unspecified atom stereocenters. The van der Waals surface area contributed by atoms with Crippen molar-refractivity contribution >= 4 is 5.91 Å². The maximum absolute atomic E-state index is 12.8. The van der Waals surface area contributed by atoms with Gasteiger partial charge in [-0.1, -0.05) is 30.5 Å². The number of nitrogens with one attached hydrogen (secondary N) is 1. The summed E-state index contributed by atoms with van der Waals surface area (Å²) in [6.45, 7) is 3.14. The molecule has 3 aliphatic heterocycles. The number of rotatable bonds is 6. The first-order valence-electron chi connectivity index (χ1n) is 11.6. The van der Waals surface area contributed by atoms with Crippen molar-refractivity contribution in [2.24, 2.45) is 11.8 Å². The quantitative estimate of drug-likeness (QED) is 0.735. The van der Waals surface area contributed by atoms with E-state index in [1.165, 1.54) is 6.42 Å². The van der Waals surface area contributed by atoms with E-state index in [-0.39, 0.29) is 11.8 Å². The second-order valence-corrected chi connectivity index (χ2v) is 9.54. The Bertz CT molecular complexity index is 894. The normalized spacial score (nSPS) is 29.6. The van der Waals surface area contributed by atoms with Crippen LogP contribution in [0.5, 0.6) is 0 Å². The van der Waals surface area contributed by atoms with Crippen molar-refractivity contribution in [1.82, 2.24) is 30.2 Å². The van der Waals surface area contributed by atoms with E-state index in [0.717, 1.165) is 69.4 Å². The van der Waals surface area contributed by atoms with Gasteiger partial charge in [-0.15, -0.1) is 5.10 Å². The van der Waals surface area contributed by atoms with E-state index in [4.69, 9.17) is 0 Å². The molecule has 5 heterocycles. The van der Waals surface area contributed by atoms with Gasteiger partial charge in [0.2, 0.25) is 5.91 Å². The number of aromatic nitrogens is 4. The topological polar surface area (TPSA) is 96.2 Å². The molecule has 4 aliphatic rings. The van der Waals surface area contributed by atoms with Crippen LogP contribution < -0.4 is 5.32 Å². The van der Waals surface area contributed by atoms with Crippen molar-refractivity contribution in [3.63, 3.8) is 0 Å². The molecule has 1 amide bonds. The third-order valence-corrected chi connectivity index (χ3v) is 7.50. The van der Waals surface area contributed by atoms with E-state index >= 15 is 0 Å². The van der Waals surface area contributed by atoms with Gasteiger partial charge in [-0.3, -0.25) is 19.4 Å². The Labute approximate surface area is 183 Å². The number of fused-ring (bicyclic) bond motifs is 3. The van der Waals surface area contributed by atoms with Crippen molar-refractivity contribution < 1.29 is 9.90 Å². The minimum Gasteiger partial charge on any atom is -0.383 e. The number of hydrogen-bond donors (Lipinski definition) is 2. The van der Waals surface area contributed by atoms with E-state index in [2.05, 4.69) is 25.5 Å². The van der Waals surface area contributed by atoms with Crippen molar-refractivity contribution in [3.8, 4) is 0 Å². The van der Waals surface area contributed by atoms with Crippen LogP contribution in [0.15, 0.2) is 30.7 Å². The van der Waals surface area contributed by atoms with Crippen LogP contribution in [0.1, 0.15) is 56.2 Å². The fourth-order valence-electron chi connectivity index (χ4n) is 5.66. The molecule has 166 valence electrons. The molecular formula is C23H32N6O2. The Balaban J connectivity index is 1.17. The highest BCUT2D eigenvalue weighted by Crippen LogP contribution is 2.38. The zero-order chi connectivity index (χ0) is 21.3. The summed E-state index contributed by atoms with van der Waals surface area (Å²) in [6, 6.07) is 4.25. The molecule has 2 bridgehead atoms. The van der Waals surface area contributed by atoms with Gasteiger partial charge in [0.15, 0.2) is 0 Å². The predicted molar refractivity (Wildman–Crippen MR) is 115 cm³/mol. The molecule has 8 nitrogen and oxygen atoms in total. The summed E-state index contributed by atoms with van der Waals surface area (Å²) >= 11 is 0. The van der Waals surface area contributed by atoms with E-state index in [1.807, 2.05) is 23.0 Å². The van der Waals surface area contributed by atoms with Crippen LogP contribution >= 0.6 is 0 Å². The number of pyridine rings is 1. The van der Waals surface area contributed by atoms with Crippen molar-refractivity contribution in [3.05, 3.63) is 42.0 Å². The Morgan fingerprint density at radius 3 is 2.90 bits per heavy atom. The molecule has 2 aromatic rings. The zero-order valence-electron chi connectivity index (χ0n) is 18.0. The van der Waals surface area contributed by atoms with Crippen LogP contribution in [-0.4, -0.2) is 55.0 Å². The number of carbonyl (C=O) groups excluding carboxylic acids is 1. The van der Waals surface area contributed by atoms with Crippen LogP contribution in [0.4, 0.5) is 0 Å². The maximum Gasteiger partial charge on any atom is 0.224 e. The van der Waals surface area contributed by atoms with Crippen LogP contribution in [-0.2, 0) is 23.5 Å². The molecule has 0 radical (unpaired) electrons. The van der Waals surface area contributed by atoms with Gasteiger partial charge in [0, 0.05) is 31.5 Å².